The molecular formula is C26H30N4O3. The molecule has 1 saturated heterocycles. The van der Waals surface area contributed by atoms with Crippen LogP contribution in [0.15, 0.2) is 54.9 Å². The third-order valence-corrected chi connectivity index (χ3v) is 5.60. The van der Waals surface area contributed by atoms with E-state index in [1.807, 2.05) is 63.4 Å². The first-order valence-electron chi connectivity index (χ1n) is 11.2. The monoisotopic (exact) mass is 446 g/mol. The Labute approximate surface area is 194 Å². The van der Waals surface area contributed by atoms with Crippen molar-refractivity contribution in [3.63, 3.8) is 0 Å². The highest BCUT2D eigenvalue weighted by atomic mass is 16.5. The topological polar surface area (TPSA) is 85.4 Å². The molecule has 1 unspecified atom stereocenters. The van der Waals surface area contributed by atoms with Gasteiger partial charge in [-0.05, 0) is 62.2 Å². The van der Waals surface area contributed by atoms with Crippen molar-refractivity contribution in [2.75, 3.05) is 26.3 Å². The number of carbonyl (C=O) groups is 1. The number of rotatable bonds is 7. The molecule has 3 heterocycles. The van der Waals surface area contributed by atoms with Crippen LogP contribution >= 0.6 is 0 Å². The molecule has 1 aliphatic rings. The van der Waals surface area contributed by atoms with Crippen molar-refractivity contribution in [1.82, 2.24) is 20.6 Å². The van der Waals surface area contributed by atoms with E-state index in [1.54, 1.807) is 12.3 Å². The zero-order valence-corrected chi connectivity index (χ0v) is 19.3. The normalized spacial score (nSPS) is 16.8. The van der Waals surface area contributed by atoms with Crippen LogP contribution in [0.25, 0.3) is 11.3 Å². The Bertz CT molecular complexity index is 1080. The maximum absolute atomic E-state index is 13.1. The second-order valence-corrected chi connectivity index (χ2v) is 8.40. The number of hydrogen-bond acceptors (Lipinski definition) is 6. The van der Waals surface area contributed by atoms with Crippen LogP contribution in [0.5, 0.6) is 5.75 Å². The Morgan fingerprint density at radius 1 is 1.18 bits per heavy atom. The van der Waals surface area contributed by atoms with Crippen LogP contribution in [0.4, 0.5) is 0 Å². The van der Waals surface area contributed by atoms with E-state index in [0.29, 0.717) is 24.5 Å². The molecule has 4 rings (SSSR count). The first-order chi connectivity index (χ1) is 16.0. The summed E-state index contributed by atoms with van der Waals surface area (Å²) in [5.41, 5.74) is 5.08. The molecule has 1 aromatic carbocycles. The van der Waals surface area contributed by atoms with E-state index in [9.17, 15) is 4.79 Å². The zero-order chi connectivity index (χ0) is 23.2. The molecule has 0 radical (unpaired) electrons. The molecule has 0 aliphatic carbocycles. The largest absolute Gasteiger partial charge is 0.491 e. The maximum Gasteiger partial charge on any atom is 0.251 e. The van der Waals surface area contributed by atoms with Gasteiger partial charge in [0.1, 0.15) is 18.5 Å². The van der Waals surface area contributed by atoms with E-state index in [0.717, 1.165) is 41.2 Å². The van der Waals surface area contributed by atoms with E-state index in [-0.39, 0.29) is 18.1 Å². The van der Waals surface area contributed by atoms with Crippen LogP contribution in [0.3, 0.4) is 0 Å². The molecule has 7 nitrogen and oxygen atoms in total. The molecule has 2 aromatic heterocycles. The highest BCUT2D eigenvalue weighted by molar-refractivity contribution is 5.96. The summed E-state index contributed by atoms with van der Waals surface area (Å²) >= 11 is 0. The lowest BCUT2D eigenvalue weighted by molar-refractivity contribution is 0.000194. The van der Waals surface area contributed by atoms with Gasteiger partial charge in [0, 0.05) is 42.3 Å². The van der Waals surface area contributed by atoms with Crippen molar-refractivity contribution in [1.29, 1.82) is 0 Å². The van der Waals surface area contributed by atoms with Gasteiger partial charge in [0.25, 0.3) is 5.91 Å². The Balaban J connectivity index is 1.56. The van der Waals surface area contributed by atoms with E-state index < -0.39 is 0 Å². The van der Waals surface area contributed by atoms with Crippen molar-refractivity contribution in [3.8, 4) is 17.0 Å². The van der Waals surface area contributed by atoms with Crippen LogP contribution in [0.2, 0.25) is 0 Å². The van der Waals surface area contributed by atoms with Gasteiger partial charge in [-0.25, -0.2) is 0 Å². The Morgan fingerprint density at radius 2 is 2.06 bits per heavy atom. The van der Waals surface area contributed by atoms with Gasteiger partial charge in [-0.2, -0.15) is 0 Å². The van der Waals surface area contributed by atoms with Gasteiger partial charge in [0.15, 0.2) is 0 Å². The molecule has 172 valence electrons. The molecule has 1 fully saturated rings. The summed E-state index contributed by atoms with van der Waals surface area (Å²) in [5.74, 6) is 0.427. The predicted molar refractivity (Wildman–Crippen MR) is 127 cm³/mol. The average molecular weight is 447 g/mol. The lowest BCUT2D eigenvalue weighted by atomic mass is 10.0. The number of benzene rings is 1. The van der Waals surface area contributed by atoms with Crippen LogP contribution in [0, 0.1) is 13.8 Å². The van der Waals surface area contributed by atoms with Crippen molar-refractivity contribution in [2.24, 2.45) is 0 Å². The van der Waals surface area contributed by atoms with E-state index in [2.05, 4.69) is 20.6 Å². The molecule has 0 spiro atoms. The number of carbonyl (C=O) groups excluding carboxylic acids is 1. The van der Waals surface area contributed by atoms with Crippen molar-refractivity contribution >= 4 is 5.91 Å². The third-order valence-electron chi connectivity index (χ3n) is 5.60. The van der Waals surface area contributed by atoms with Gasteiger partial charge in [-0.15, -0.1) is 0 Å². The number of nitrogens with zero attached hydrogens (tertiary/aromatic N) is 2. The van der Waals surface area contributed by atoms with Crippen LogP contribution in [0.1, 0.15) is 40.1 Å². The second kappa shape index (κ2) is 10.6. The fourth-order valence-corrected chi connectivity index (χ4v) is 3.61. The summed E-state index contributed by atoms with van der Waals surface area (Å²) in [6.45, 7) is 8.55. The number of amides is 1. The number of morpholine rings is 1. The van der Waals surface area contributed by atoms with Gasteiger partial charge < -0.3 is 20.1 Å². The molecule has 2 N–H and O–H groups in total. The minimum absolute atomic E-state index is 0.0220. The van der Waals surface area contributed by atoms with Crippen molar-refractivity contribution in [2.45, 2.75) is 32.9 Å². The van der Waals surface area contributed by atoms with Crippen LogP contribution in [-0.2, 0) is 4.74 Å². The second-order valence-electron chi connectivity index (χ2n) is 8.40. The van der Waals surface area contributed by atoms with E-state index in [4.69, 9.17) is 9.47 Å². The van der Waals surface area contributed by atoms with Crippen molar-refractivity contribution in [3.05, 3.63) is 77.2 Å². The fraction of sp³-hybridized carbons (Fsp3) is 0.346. The van der Waals surface area contributed by atoms with Gasteiger partial charge in [-0.1, -0.05) is 12.1 Å². The summed E-state index contributed by atoms with van der Waals surface area (Å²) in [7, 11) is 0. The molecule has 33 heavy (non-hydrogen) atoms. The Hall–Kier alpha value is -3.29. The smallest absolute Gasteiger partial charge is 0.251 e. The standard InChI is InChI=1S/C26H30N4O3/c1-17-4-7-25(29-13-17)21-10-22(12-23(11-21)33-16-24-15-27-8-9-32-24)26(31)30-19(3)20-6-5-18(2)28-14-20/h4-7,10-14,19,24,27H,8-9,15-16H2,1-3H3,(H,30,31)/t19-,24?/m1/s1. The van der Waals surface area contributed by atoms with Gasteiger partial charge in [0.05, 0.1) is 18.3 Å². The fourth-order valence-electron chi connectivity index (χ4n) is 3.61. The lowest BCUT2D eigenvalue weighted by Gasteiger charge is -2.24. The summed E-state index contributed by atoms with van der Waals surface area (Å²) < 4.78 is 11.8. The molecule has 3 aromatic rings. The summed E-state index contributed by atoms with van der Waals surface area (Å²) in [5, 5.41) is 6.36. The molecule has 1 amide bonds. The van der Waals surface area contributed by atoms with Gasteiger partial charge in [-0.3, -0.25) is 14.8 Å². The lowest BCUT2D eigenvalue weighted by Crippen LogP contribution is -2.41. The molecule has 7 heteroatoms. The molecule has 1 aliphatic heterocycles. The summed E-state index contributed by atoms with van der Waals surface area (Å²) in [4.78, 5) is 22.0. The SMILES string of the molecule is Cc1ccc(-c2cc(OCC3CNCCO3)cc(C(=O)N[C@H](C)c3ccc(C)nc3)c2)nc1. The Kier molecular flexibility index (Phi) is 7.32. The first-order valence-corrected chi connectivity index (χ1v) is 11.2. The summed E-state index contributed by atoms with van der Waals surface area (Å²) in [6, 6.07) is 13.2. The van der Waals surface area contributed by atoms with E-state index >= 15 is 0 Å². The number of ether oxygens (including phenoxy) is 2. The molecule has 2 atom stereocenters. The molecule has 0 bridgehead atoms. The number of hydrogen-bond donors (Lipinski definition) is 2. The summed E-state index contributed by atoms with van der Waals surface area (Å²) in [6.07, 6.45) is 3.59. The number of nitrogens with one attached hydrogen (secondary N) is 2. The van der Waals surface area contributed by atoms with Gasteiger partial charge in [0.2, 0.25) is 0 Å². The highest BCUT2D eigenvalue weighted by Crippen LogP contribution is 2.26. The predicted octanol–water partition coefficient (Wildman–Crippen LogP) is 3.62. The van der Waals surface area contributed by atoms with Gasteiger partial charge >= 0.3 is 0 Å². The first kappa shape index (κ1) is 22.9. The number of aromatic nitrogens is 2. The zero-order valence-electron chi connectivity index (χ0n) is 19.3. The highest BCUT2D eigenvalue weighted by Gasteiger charge is 2.17. The Morgan fingerprint density at radius 3 is 2.76 bits per heavy atom. The number of pyridine rings is 2. The molecule has 0 saturated carbocycles. The minimum atomic E-state index is -0.183. The minimum Gasteiger partial charge on any atom is -0.491 e. The average Bonchev–Trinajstić information content (AvgIpc) is 2.84. The number of aryl methyl sites for hydroxylation is 2. The quantitative estimate of drug-likeness (QED) is 0.577. The maximum atomic E-state index is 13.1. The van der Waals surface area contributed by atoms with Crippen LogP contribution < -0.4 is 15.4 Å². The van der Waals surface area contributed by atoms with E-state index in [1.165, 1.54) is 0 Å². The molecular weight excluding hydrogens is 416 g/mol. The third kappa shape index (κ3) is 6.15. The van der Waals surface area contributed by atoms with Crippen molar-refractivity contribution < 1.29 is 14.3 Å². The van der Waals surface area contributed by atoms with Crippen LogP contribution in [-0.4, -0.2) is 48.3 Å².